The Morgan fingerprint density at radius 1 is 1.00 bits per heavy atom. The third kappa shape index (κ3) is 4.80. The number of phenolic OH excluding ortho intramolecular Hbond substituents is 1. The van der Waals surface area contributed by atoms with E-state index in [2.05, 4.69) is 5.10 Å². The lowest BCUT2D eigenvalue weighted by Gasteiger charge is -2.12. The highest BCUT2D eigenvalue weighted by Crippen LogP contribution is 2.44. The fourth-order valence-electron chi connectivity index (χ4n) is 3.48. The quantitative estimate of drug-likeness (QED) is 0.320. The van der Waals surface area contributed by atoms with Crippen LogP contribution in [0.1, 0.15) is 11.3 Å². The van der Waals surface area contributed by atoms with Gasteiger partial charge in [-0.3, -0.25) is 4.68 Å². The van der Waals surface area contributed by atoms with Crippen LogP contribution < -0.4 is 4.74 Å². The summed E-state index contributed by atoms with van der Waals surface area (Å²) in [4.78, 5) is 0. The molecule has 0 saturated heterocycles. The SMILES string of the molecule is Cn1nc(-c2ccc(OCc3ccc(Cl)cc3)cc2O)c(-c2ccc(F)cc2)c1C(F)(F)F. The van der Waals surface area contributed by atoms with Gasteiger partial charge >= 0.3 is 6.18 Å². The van der Waals surface area contributed by atoms with Crippen LogP contribution in [0.25, 0.3) is 22.4 Å². The number of aromatic nitrogens is 2. The van der Waals surface area contributed by atoms with Crippen molar-refractivity contribution in [3.63, 3.8) is 0 Å². The molecule has 0 fully saturated rings. The van der Waals surface area contributed by atoms with Crippen LogP contribution in [0.5, 0.6) is 11.5 Å². The van der Waals surface area contributed by atoms with Gasteiger partial charge in [0.05, 0.1) is 0 Å². The highest BCUT2D eigenvalue weighted by Gasteiger charge is 2.40. The minimum absolute atomic E-state index is 0.0827. The van der Waals surface area contributed by atoms with Crippen molar-refractivity contribution in [2.24, 2.45) is 7.05 Å². The molecule has 0 amide bonds. The molecule has 170 valence electrons. The fraction of sp³-hybridized carbons (Fsp3) is 0.125. The molecule has 33 heavy (non-hydrogen) atoms. The summed E-state index contributed by atoms with van der Waals surface area (Å²) in [7, 11) is 1.17. The molecule has 4 aromatic rings. The van der Waals surface area contributed by atoms with Gasteiger partial charge in [-0.2, -0.15) is 18.3 Å². The number of alkyl halides is 3. The summed E-state index contributed by atoms with van der Waals surface area (Å²) in [5, 5.41) is 15.2. The van der Waals surface area contributed by atoms with Gasteiger partial charge in [0.15, 0.2) is 5.69 Å². The maximum Gasteiger partial charge on any atom is 0.433 e. The van der Waals surface area contributed by atoms with Gasteiger partial charge in [0.1, 0.15) is 29.6 Å². The molecule has 0 radical (unpaired) electrons. The van der Waals surface area contributed by atoms with Crippen LogP contribution in [-0.2, 0) is 19.8 Å². The zero-order valence-corrected chi connectivity index (χ0v) is 18.0. The number of aromatic hydroxyl groups is 1. The molecule has 0 spiro atoms. The Hall–Kier alpha value is -3.52. The summed E-state index contributed by atoms with van der Waals surface area (Å²) in [6.07, 6.45) is -4.72. The fourth-order valence-corrected chi connectivity index (χ4v) is 3.60. The lowest BCUT2D eigenvalue weighted by molar-refractivity contribution is -0.143. The standard InChI is InChI=1S/C24H17ClF4N2O2/c1-31-23(24(27,28)29)21(15-4-8-17(26)9-5-15)22(30-31)19-11-10-18(12-20(19)32)33-13-14-2-6-16(25)7-3-14/h2-12,32H,13H2,1H3. The smallest absolute Gasteiger partial charge is 0.433 e. The Morgan fingerprint density at radius 3 is 2.27 bits per heavy atom. The predicted octanol–water partition coefficient (Wildman–Crippen LogP) is 6.85. The summed E-state index contributed by atoms with van der Waals surface area (Å²) in [6.45, 7) is 0.207. The second kappa shape index (κ2) is 8.78. The molecule has 3 aromatic carbocycles. The number of aryl methyl sites for hydroxylation is 1. The Bertz CT molecular complexity index is 1280. The molecule has 0 aliphatic carbocycles. The first-order valence-electron chi connectivity index (χ1n) is 9.74. The molecule has 0 aliphatic rings. The number of benzene rings is 3. The Labute approximate surface area is 191 Å². The average molecular weight is 477 g/mol. The van der Waals surface area contributed by atoms with Gasteiger partial charge in [-0.25, -0.2) is 4.39 Å². The second-order valence-corrected chi connectivity index (χ2v) is 7.73. The zero-order valence-electron chi connectivity index (χ0n) is 17.2. The zero-order chi connectivity index (χ0) is 23.8. The molecule has 0 saturated carbocycles. The van der Waals surface area contributed by atoms with E-state index in [4.69, 9.17) is 16.3 Å². The third-order valence-electron chi connectivity index (χ3n) is 4.99. The first-order valence-corrected chi connectivity index (χ1v) is 10.1. The van der Waals surface area contributed by atoms with Gasteiger partial charge < -0.3 is 9.84 Å². The van der Waals surface area contributed by atoms with Gasteiger partial charge in [0.25, 0.3) is 0 Å². The largest absolute Gasteiger partial charge is 0.507 e. The molecular weight excluding hydrogens is 460 g/mol. The van der Waals surface area contributed by atoms with Crippen molar-refractivity contribution in [3.05, 3.63) is 88.8 Å². The van der Waals surface area contributed by atoms with Crippen molar-refractivity contribution in [1.82, 2.24) is 9.78 Å². The Balaban J connectivity index is 1.72. The molecule has 4 nitrogen and oxygen atoms in total. The van der Waals surface area contributed by atoms with Crippen LogP contribution >= 0.6 is 11.6 Å². The van der Waals surface area contributed by atoms with Crippen LogP contribution in [0.15, 0.2) is 66.7 Å². The molecule has 0 unspecified atom stereocenters. The normalized spacial score (nSPS) is 11.6. The minimum atomic E-state index is -4.72. The van der Waals surface area contributed by atoms with Crippen molar-refractivity contribution in [2.75, 3.05) is 0 Å². The number of ether oxygens (including phenoxy) is 1. The van der Waals surface area contributed by atoms with Gasteiger partial charge in [0, 0.05) is 29.3 Å². The molecule has 1 N–H and O–H groups in total. The number of rotatable bonds is 5. The Kier molecular flexibility index (Phi) is 6.03. The average Bonchev–Trinajstić information content (AvgIpc) is 3.11. The van der Waals surface area contributed by atoms with Crippen LogP contribution in [0.3, 0.4) is 0 Å². The van der Waals surface area contributed by atoms with Crippen molar-refractivity contribution in [2.45, 2.75) is 12.8 Å². The predicted molar refractivity (Wildman–Crippen MR) is 116 cm³/mol. The topological polar surface area (TPSA) is 47.3 Å². The molecule has 1 aromatic heterocycles. The molecule has 0 aliphatic heterocycles. The van der Waals surface area contributed by atoms with Gasteiger partial charge in [-0.15, -0.1) is 0 Å². The van der Waals surface area contributed by atoms with E-state index >= 15 is 0 Å². The number of hydrogen-bond acceptors (Lipinski definition) is 3. The number of hydrogen-bond donors (Lipinski definition) is 1. The summed E-state index contributed by atoms with van der Waals surface area (Å²) in [6, 6.07) is 15.9. The first-order chi connectivity index (χ1) is 15.6. The number of nitrogens with zero attached hydrogens (tertiary/aromatic N) is 2. The number of halogens is 5. The van der Waals surface area contributed by atoms with E-state index in [1.165, 1.54) is 37.4 Å². The lowest BCUT2D eigenvalue weighted by atomic mass is 9.98. The molecule has 0 atom stereocenters. The first kappa shape index (κ1) is 22.7. The van der Waals surface area contributed by atoms with E-state index in [9.17, 15) is 22.7 Å². The third-order valence-corrected chi connectivity index (χ3v) is 5.24. The van der Waals surface area contributed by atoms with E-state index in [-0.39, 0.29) is 34.7 Å². The van der Waals surface area contributed by atoms with Crippen LogP contribution in [-0.4, -0.2) is 14.9 Å². The van der Waals surface area contributed by atoms with Crippen LogP contribution in [0.2, 0.25) is 5.02 Å². The summed E-state index contributed by atoms with van der Waals surface area (Å²) in [5.41, 5.74) is -0.297. The van der Waals surface area contributed by atoms with Gasteiger partial charge in [0.2, 0.25) is 0 Å². The van der Waals surface area contributed by atoms with Crippen molar-refractivity contribution in [3.8, 4) is 33.9 Å². The van der Waals surface area contributed by atoms with Crippen molar-refractivity contribution < 1.29 is 27.4 Å². The summed E-state index contributed by atoms with van der Waals surface area (Å²) in [5.74, 6) is -0.567. The lowest BCUT2D eigenvalue weighted by Crippen LogP contribution is -2.13. The van der Waals surface area contributed by atoms with E-state index in [0.717, 1.165) is 17.7 Å². The Morgan fingerprint density at radius 2 is 1.67 bits per heavy atom. The minimum Gasteiger partial charge on any atom is -0.507 e. The molecule has 0 bridgehead atoms. The van der Waals surface area contributed by atoms with Crippen molar-refractivity contribution in [1.29, 1.82) is 0 Å². The van der Waals surface area contributed by atoms with Crippen LogP contribution in [0, 0.1) is 5.82 Å². The molecule has 9 heteroatoms. The highest BCUT2D eigenvalue weighted by atomic mass is 35.5. The van der Waals surface area contributed by atoms with E-state index in [0.29, 0.717) is 15.5 Å². The number of phenols is 1. The monoisotopic (exact) mass is 476 g/mol. The maximum atomic E-state index is 13.8. The molecular formula is C24H17ClF4N2O2. The van der Waals surface area contributed by atoms with E-state index in [1.807, 2.05) is 0 Å². The van der Waals surface area contributed by atoms with Gasteiger partial charge in [-0.05, 0) is 47.5 Å². The van der Waals surface area contributed by atoms with E-state index < -0.39 is 17.7 Å². The molecule has 4 rings (SSSR count). The summed E-state index contributed by atoms with van der Waals surface area (Å²) >= 11 is 5.86. The van der Waals surface area contributed by atoms with E-state index in [1.54, 1.807) is 24.3 Å². The van der Waals surface area contributed by atoms with Gasteiger partial charge in [-0.1, -0.05) is 35.9 Å². The molecule has 1 heterocycles. The summed E-state index contributed by atoms with van der Waals surface area (Å²) < 4.78 is 61.2. The maximum absolute atomic E-state index is 13.8. The van der Waals surface area contributed by atoms with Crippen LogP contribution in [0.4, 0.5) is 17.6 Å². The second-order valence-electron chi connectivity index (χ2n) is 7.29. The van der Waals surface area contributed by atoms with Crippen molar-refractivity contribution >= 4 is 11.6 Å². The highest BCUT2D eigenvalue weighted by molar-refractivity contribution is 6.30.